The SMILES string of the molecule is C=C(C)C(=O)OC(C)OC[C@@H]1C[C@H]2O[C@@H]1C[C@@H]2OC(C)OC(=O)C(=C)C. The Morgan fingerprint density at radius 3 is 2.08 bits per heavy atom. The van der Waals surface area contributed by atoms with Gasteiger partial charge in [0.05, 0.1) is 24.9 Å². The van der Waals surface area contributed by atoms with Gasteiger partial charge in [0, 0.05) is 23.5 Å². The number of rotatable bonds is 9. The number of hydrogen-bond donors (Lipinski definition) is 0. The van der Waals surface area contributed by atoms with Crippen LogP contribution < -0.4 is 0 Å². The van der Waals surface area contributed by atoms with Crippen molar-refractivity contribution in [3.8, 4) is 0 Å². The average Bonchev–Trinajstić information content (AvgIpc) is 3.12. The summed E-state index contributed by atoms with van der Waals surface area (Å²) in [7, 11) is 0. The van der Waals surface area contributed by atoms with E-state index in [0.29, 0.717) is 24.2 Å². The average molecular weight is 368 g/mol. The molecular formula is C19H28O7. The number of ether oxygens (including phenoxy) is 5. The minimum atomic E-state index is -0.650. The monoisotopic (exact) mass is 368 g/mol. The lowest BCUT2D eigenvalue weighted by Crippen LogP contribution is -2.35. The fourth-order valence-electron chi connectivity index (χ4n) is 3.10. The maximum absolute atomic E-state index is 11.5. The minimum Gasteiger partial charge on any atom is -0.433 e. The summed E-state index contributed by atoms with van der Waals surface area (Å²) in [4.78, 5) is 23.0. The first-order valence-corrected chi connectivity index (χ1v) is 8.82. The molecule has 2 saturated heterocycles. The first kappa shape index (κ1) is 20.6. The van der Waals surface area contributed by atoms with Gasteiger partial charge < -0.3 is 23.7 Å². The van der Waals surface area contributed by atoms with Crippen molar-refractivity contribution in [1.82, 2.24) is 0 Å². The number of carbonyl (C=O) groups excluding carboxylic acids is 2. The Balaban J connectivity index is 1.71. The topological polar surface area (TPSA) is 80.3 Å². The number of hydrogen-bond acceptors (Lipinski definition) is 7. The molecule has 2 unspecified atom stereocenters. The van der Waals surface area contributed by atoms with Crippen LogP contribution in [0.3, 0.4) is 0 Å². The molecule has 2 aliphatic heterocycles. The molecule has 0 aliphatic carbocycles. The van der Waals surface area contributed by atoms with Crippen molar-refractivity contribution in [3.05, 3.63) is 24.3 Å². The van der Waals surface area contributed by atoms with Gasteiger partial charge in [-0.3, -0.25) is 0 Å². The molecule has 0 aromatic heterocycles. The fraction of sp³-hybridized carbons (Fsp3) is 0.684. The number of carbonyl (C=O) groups is 2. The largest absolute Gasteiger partial charge is 0.433 e. The fourth-order valence-corrected chi connectivity index (χ4v) is 3.10. The summed E-state index contributed by atoms with van der Waals surface area (Å²) in [5, 5.41) is 0. The van der Waals surface area contributed by atoms with Crippen molar-refractivity contribution in [2.75, 3.05) is 6.61 Å². The molecule has 2 bridgehead atoms. The summed E-state index contributed by atoms with van der Waals surface area (Å²) in [6.45, 7) is 14.1. The Hall–Kier alpha value is -1.70. The van der Waals surface area contributed by atoms with E-state index in [-0.39, 0.29) is 24.2 Å². The Morgan fingerprint density at radius 1 is 1.00 bits per heavy atom. The van der Waals surface area contributed by atoms with Crippen LogP contribution in [0.5, 0.6) is 0 Å². The molecule has 0 radical (unpaired) electrons. The zero-order valence-electron chi connectivity index (χ0n) is 15.9. The smallest absolute Gasteiger partial charge is 0.335 e. The highest BCUT2D eigenvalue weighted by atomic mass is 16.7. The van der Waals surface area contributed by atoms with E-state index < -0.39 is 24.5 Å². The van der Waals surface area contributed by atoms with E-state index in [4.69, 9.17) is 23.7 Å². The third-order valence-corrected chi connectivity index (χ3v) is 4.44. The minimum absolute atomic E-state index is 0.0260. The first-order chi connectivity index (χ1) is 12.2. The summed E-state index contributed by atoms with van der Waals surface area (Å²) < 4.78 is 27.6. The van der Waals surface area contributed by atoms with Gasteiger partial charge in [-0.25, -0.2) is 9.59 Å². The van der Waals surface area contributed by atoms with Gasteiger partial charge >= 0.3 is 11.9 Å². The van der Waals surface area contributed by atoms with Gasteiger partial charge in [-0.1, -0.05) is 13.2 Å². The molecule has 0 aromatic carbocycles. The maximum Gasteiger partial charge on any atom is 0.335 e. The molecule has 26 heavy (non-hydrogen) atoms. The van der Waals surface area contributed by atoms with Gasteiger partial charge in [0.2, 0.25) is 6.29 Å². The summed E-state index contributed by atoms with van der Waals surface area (Å²) >= 11 is 0. The first-order valence-electron chi connectivity index (χ1n) is 8.82. The molecule has 6 atom stereocenters. The second-order valence-electron chi connectivity index (χ2n) is 6.96. The van der Waals surface area contributed by atoms with E-state index in [1.807, 2.05) is 0 Å². The van der Waals surface area contributed by atoms with Crippen LogP contribution in [0, 0.1) is 5.92 Å². The quantitative estimate of drug-likeness (QED) is 0.351. The van der Waals surface area contributed by atoms with E-state index in [1.165, 1.54) is 0 Å². The molecule has 146 valence electrons. The standard InChI is InChI=1S/C19H28O7/c1-10(2)18(20)24-12(5)22-9-14-7-16-17(8-15(14)26-16)23-13(6)25-19(21)11(3)4/h12-17H,1,3,7-9H2,2,4-6H3/t12?,13?,14-,15+,16+,17-/m0/s1. The van der Waals surface area contributed by atoms with Crippen molar-refractivity contribution >= 4 is 11.9 Å². The van der Waals surface area contributed by atoms with Crippen molar-refractivity contribution in [1.29, 1.82) is 0 Å². The lowest BCUT2D eigenvalue weighted by molar-refractivity contribution is -0.185. The van der Waals surface area contributed by atoms with Gasteiger partial charge in [0.15, 0.2) is 6.29 Å². The highest BCUT2D eigenvalue weighted by Crippen LogP contribution is 2.41. The molecule has 2 fully saturated rings. The van der Waals surface area contributed by atoms with Crippen molar-refractivity contribution < 1.29 is 33.3 Å². The van der Waals surface area contributed by atoms with Crippen LogP contribution in [0.4, 0.5) is 0 Å². The molecule has 2 rings (SSSR count). The van der Waals surface area contributed by atoms with Crippen molar-refractivity contribution in [2.24, 2.45) is 5.92 Å². The summed E-state index contributed by atoms with van der Waals surface area (Å²) in [6, 6.07) is 0. The van der Waals surface area contributed by atoms with Gasteiger partial charge in [0.1, 0.15) is 0 Å². The Bertz CT molecular complexity index is 570. The molecule has 2 aliphatic rings. The van der Waals surface area contributed by atoms with Crippen LogP contribution >= 0.6 is 0 Å². The Kier molecular flexibility index (Phi) is 6.97. The van der Waals surface area contributed by atoms with Crippen LogP contribution in [-0.4, -0.2) is 49.4 Å². The van der Waals surface area contributed by atoms with Crippen LogP contribution in [0.2, 0.25) is 0 Å². The van der Waals surface area contributed by atoms with Crippen molar-refractivity contribution in [2.45, 2.75) is 71.4 Å². The molecule has 7 nitrogen and oxygen atoms in total. The van der Waals surface area contributed by atoms with Gasteiger partial charge in [-0.2, -0.15) is 0 Å². The zero-order valence-corrected chi connectivity index (χ0v) is 15.9. The molecule has 7 heteroatoms. The van der Waals surface area contributed by atoms with Gasteiger partial charge in [-0.05, 0) is 34.1 Å². The third-order valence-electron chi connectivity index (χ3n) is 4.44. The Labute approximate surface area is 154 Å². The molecular weight excluding hydrogens is 340 g/mol. The van der Waals surface area contributed by atoms with E-state index in [2.05, 4.69) is 13.2 Å². The zero-order chi connectivity index (χ0) is 19.4. The second-order valence-corrected chi connectivity index (χ2v) is 6.96. The highest BCUT2D eigenvalue weighted by Gasteiger charge is 2.48. The predicted octanol–water partition coefficient (Wildman–Crippen LogP) is 2.50. The van der Waals surface area contributed by atoms with E-state index in [0.717, 1.165) is 6.42 Å². The molecule has 0 amide bonds. The molecule has 0 N–H and O–H groups in total. The van der Waals surface area contributed by atoms with Crippen molar-refractivity contribution in [3.63, 3.8) is 0 Å². The molecule has 2 heterocycles. The van der Waals surface area contributed by atoms with Crippen LogP contribution in [0.15, 0.2) is 24.3 Å². The van der Waals surface area contributed by atoms with Crippen LogP contribution in [-0.2, 0) is 33.3 Å². The summed E-state index contributed by atoms with van der Waals surface area (Å²) in [6.07, 6.45) is 0.0924. The van der Waals surface area contributed by atoms with E-state index in [9.17, 15) is 9.59 Å². The van der Waals surface area contributed by atoms with Gasteiger partial charge in [0.25, 0.3) is 0 Å². The second kappa shape index (κ2) is 8.79. The highest BCUT2D eigenvalue weighted by molar-refractivity contribution is 5.87. The van der Waals surface area contributed by atoms with Gasteiger partial charge in [-0.15, -0.1) is 0 Å². The summed E-state index contributed by atoms with van der Waals surface area (Å²) in [5.74, 6) is -0.710. The molecule has 0 spiro atoms. The normalized spacial score (nSPS) is 29.1. The summed E-state index contributed by atoms with van der Waals surface area (Å²) in [5.41, 5.74) is 0.675. The maximum atomic E-state index is 11.5. The lowest BCUT2D eigenvalue weighted by Gasteiger charge is -2.27. The van der Waals surface area contributed by atoms with E-state index >= 15 is 0 Å². The predicted molar refractivity (Wildman–Crippen MR) is 92.9 cm³/mol. The molecule has 0 saturated carbocycles. The number of fused-ring (bicyclic) bond motifs is 2. The number of esters is 2. The Morgan fingerprint density at radius 2 is 1.58 bits per heavy atom. The van der Waals surface area contributed by atoms with Crippen LogP contribution in [0.25, 0.3) is 0 Å². The lowest BCUT2D eigenvalue weighted by atomic mass is 9.88. The van der Waals surface area contributed by atoms with Crippen LogP contribution in [0.1, 0.15) is 40.5 Å². The van der Waals surface area contributed by atoms with E-state index in [1.54, 1.807) is 27.7 Å². The third kappa shape index (κ3) is 5.40. The molecule has 0 aromatic rings.